The van der Waals surface area contributed by atoms with Crippen LogP contribution in [0.15, 0.2) is 21.2 Å². The fourth-order valence-electron chi connectivity index (χ4n) is 3.58. The predicted octanol–water partition coefficient (Wildman–Crippen LogP) is 8.85. The molecule has 0 amide bonds. The summed E-state index contributed by atoms with van der Waals surface area (Å²) < 4.78 is 8.54. The van der Waals surface area contributed by atoms with Crippen LogP contribution in [0.25, 0.3) is 0 Å². The van der Waals surface area contributed by atoms with Gasteiger partial charge in [0.2, 0.25) is 0 Å². The first-order valence-corrected chi connectivity index (χ1v) is 17.0. The molecule has 2 aliphatic heterocycles. The molecule has 0 aromatic carbocycles. The van der Waals surface area contributed by atoms with E-state index in [-0.39, 0.29) is 0 Å². The van der Waals surface area contributed by atoms with Crippen LogP contribution in [0.4, 0.5) is 0 Å². The lowest BCUT2D eigenvalue weighted by molar-refractivity contribution is 0.114. The summed E-state index contributed by atoms with van der Waals surface area (Å²) in [5.41, 5.74) is 2.75. The Hall–Kier alpha value is -1.18. The average Bonchev–Trinajstić information content (AvgIpc) is 3.60. The second-order valence-corrected chi connectivity index (χ2v) is 15.4. The molecular weight excluding hydrogens is 577 g/mol. The molecule has 0 saturated heterocycles. The van der Waals surface area contributed by atoms with Crippen molar-refractivity contribution in [1.82, 2.24) is 38.4 Å². The Morgan fingerprint density at radius 1 is 0.650 bits per heavy atom. The molecule has 0 atom stereocenters. The number of aryl methyl sites for hydroxylation is 2. The first-order chi connectivity index (χ1) is 18.5. The lowest BCUT2D eigenvalue weighted by Gasteiger charge is -2.30. The summed E-state index contributed by atoms with van der Waals surface area (Å²) in [6, 6.07) is 1.13. The van der Waals surface area contributed by atoms with Gasteiger partial charge in [0.15, 0.2) is 0 Å². The summed E-state index contributed by atoms with van der Waals surface area (Å²) >= 11 is 6.80. The van der Waals surface area contributed by atoms with Gasteiger partial charge >= 0.3 is 0 Å². The molecule has 0 aliphatic carbocycles. The molecule has 2 aromatic rings. The van der Waals surface area contributed by atoms with Crippen molar-refractivity contribution in [2.75, 3.05) is 14.1 Å². The normalized spacial score (nSPS) is 16.2. The maximum atomic E-state index is 4.22. The van der Waals surface area contributed by atoms with E-state index in [0.717, 1.165) is 20.8 Å². The SMILES string of the molecule is CC1=C(C)N(C(C)C)N(C)S1.CC1=C(C)N(C)N(C(C)C)S1.Cc1nnc(C(C)C)s1.Cc1nsc(C(C)C)n1. The van der Waals surface area contributed by atoms with Crippen LogP contribution < -0.4 is 0 Å². The monoisotopic (exact) mass is 628 g/mol. The van der Waals surface area contributed by atoms with Crippen molar-refractivity contribution in [1.29, 1.82) is 0 Å². The van der Waals surface area contributed by atoms with E-state index in [4.69, 9.17) is 0 Å². The van der Waals surface area contributed by atoms with E-state index in [9.17, 15) is 0 Å². The Morgan fingerprint density at radius 3 is 1.40 bits per heavy atom. The van der Waals surface area contributed by atoms with Gasteiger partial charge in [0.25, 0.3) is 0 Å². The molecule has 12 heteroatoms. The van der Waals surface area contributed by atoms with Crippen molar-refractivity contribution >= 4 is 46.8 Å². The van der Waals surface area contributed by atoms with E-state index in [1.807, 2.05) is 25.8 Å². The number of allylic oxidation sites excluding steroid dienone is 4. The van der Waals surface area contributed by atoms with Gasteiger partial charge in [-0.05, 0) is 105 Å². The minimum absolute atomic E-state index is 0.524. The molecule has 4 rings (SSSR count). The first kappa shape index (κ1) is 36.8. The Balaban J connectivity index is 0.000000268. The Morgan fingerprint density at radius 2 is 1.20 bits per heavy atom. The van der Waals surface area contributed by atoms with Crippen LogP contribution in [0, 0.1) is 13.8 Å². The number of hydrogen-bond acceptors (Lipinski definition) is 12. The summed E-state index contributed by atoms with van der Waals surface area (Å²) in [4.78, 5) is 7.03. The van der Waals surface area contributed by atoms with Crippen LogP contribution in [-0.4, -0.2) is 64.6 Å². The highest BCUT2D eigenvalue weighted by molar-refractivity contribution is 8.01. The molecule has 2 aliphatic rings. The van der Waals surface area contributed by atoms with Gasteiger partial charge in [-0.15, -0.1) is 21.5 Å². The van der Waals surface area contributed by atoms with Crippen LogP contribution in [0.5, 0.6) is 0 Å². The van der Waals surface area contributed by atoms with E-state index in [2.05, 4.69) is 136 Å². The zero-order valence-corrected chi connectivity index (χ0v) is 30.8. The zero-order valence-electron chi connectivity index (χ0n) is 27.5. The number of rotatable bonds is 4. The van der Waals surface area contributed by atoms with Gasteiger partial charge in [-0.2, -0.15) is 13.2 Å². The summed E-state index contributed by atoms with van der Waals surface area (Å²) in [7, 11) is 4.21. The largest absolute Gasteiger partial charge is 0.302 e. The zero-order chi connectivity index (χ0) is 30.9. The molecule has 40 heavy (non-hydrogen) atoms. The molecule has 0 bridgehead atoms. The van der Waals surface area contributed by atoms with Crippen molar-refractivity contribution in [2.24, 2.45) is 0 Å². The number of hydrazine groups is 2. The summed E-state index contributed by atoms with van der Waals surface area (Å²) in [6.45, 7) is 29.9. The van der Waals surface area contributed by atoms with Crippen molar-refractivity contribution < 1.29 is 0 Å². The fraction of sp³-hybridized carbons (Fsp3) is 0.714. The molecule has 0 unspecified atom stereocenters. The van der Waals surface area contributed by atoms with Crippen LogP contribution >= 0.6 is 46.8 Å². The molecule has 4 heterocycles. The second-order valence-electron chi connectivity index (χ2n) is 10.9. The molecule has 8 nitrogen and oxygen atoms in total. The maximum absolute atomic E-state index is 4.22. The summed E-state index contributed by atoms with van der Waals surface area (Å²) in [6.07, 6.45) is 0. The highest BCUT2D eigenvalue weighted by atomic mass is 32.2. The smallest absolute Gasteiger partial charge is 0.139 e. The van der Waals surface area contributed by atoms with Crippen molar-refractivity contribution in [3.63, 3.8) is 0 Å². The molecule has 0 radical (unpaired) electrons. The molecule has 2 aromatic heterocycles. The quantitative estimate of drug-likeness (QED) is 0.307. The minimum Gasteiger partial charge on any atom is -0.302 e. The topological polar surface area (TPSA) is 64.5 Å². The lowest BCUT2D eigenvalue weighted by Crippen LogP contribution is -2.35. The van der Waals surface area contributed by atoms with Gasteiger partial charge in [-0.1, -0.05) is 27.7 Å². The van der Waals surface area contributed by atoms with E-state index in [1.165, 1.54) is 32.7 Å². The molecule has 0 N–H and O–H groups in total. The standard InChI is InChI=1S/2C8H16N2S.2C6H10N2S/c1-6(2)10-7(3)8(4)11-9(10)5;1-6(2)10-9(5)7(3)8(4)11-10;1-4(2)6-8-7-5(3)9-6;1-4(2)6-7-5(3)8-9-6/h2*6H,1-5H3;2*4H,1-3H3. The summed E-state index contributed by atoms with van der Waals surface area (Å²) in [5, 5.41) is 15.7. The van der Waals surface area contributed by atoms with Crippen molar-refractivity contribution in [3.05, 3.63) is 42.1 Å². The van der Waals surface area contributed by atoms with E-state index < -0.39 is 0 Å². The number of hydrogen-bond donors (Lipinski definition) is 0. The average molecular weight is 629 g/mol. The first-order valence-electron chi connectivity index (χ1n) is 13.8. The third-order valence-electron chi connectivity index (χ3n) is 5.95. The van der Waals surface area contributed by atoms with Crippen molar-refractivity contribution in [2.45, 2.75) is 121 Å². The van der Waals surface area contributed by atoms with Crippen LogP contribution in [0.1, 0.15) is 116 Å². The Labute approximate surface area is 261 Å². The van der Waals surface area contributed by atoms with Gasteiger partial charge in [0.05, 0.1) is 0 Å². The molecule has 228 valence electrons. The van der Waals surface area contributed by atoms with E-state index in [1.54, 1.807) is 23.3 Å². The van der Waals surface area contributed by atoms with Crippen LogP contribution in [0.3, 0.4) is 0 Å². The van der Waals surface area contributed by atoms with E-state index >= 15 is 0 Å². The number of aromatic nitrogens is 4. The molecule has 0 spiro atoms. The minimum atomic E-state index is 0.524. The van der Waals surface area contributed by atoms with Crippen LogP contribution in [-0.2, 0) is 0 Å². The van der Waals surface area contributed by atoms with E-state index in [0.29, 0.717) is 23.9 Å². The highest BCUT2D eigenvalue weighted by Crippen LogP contribution is 2.36. The van der Waals surface area contributed by atoms with Gasteiger partial charge in [-0.3, -0.25) is 5.01 Å². The van der Waals surface area contributed by atoms with Crippen LogP contribution in [0.2, 0.25) is 0 Å². The third kappa shape index (κ3) is 11.2. The summed E-state index contributed by atoms with van der Waals surface area (Å²) in [5.74, 6) is 1.94. The lowest BCUT2D eigenvalue weighted by atomic mass is 10.2. The number of nitrogens with zero attached hydrogens (tertiary/aromatic N) is 8. The maximum Gasteiger partial charge on any atom is 0.139 e. The van der Waals surface area contributed by atoms with Gasteiger partial charge in [0.1, 0.15) is 20.8 Å². The van der Waals surface area contributed by atoms with Gasteiger partial charge in [-0.25, -0.2) is 4.98 Å². The molecule has 0 saturated carbocycles. The predicted molar refractivity (Wildman–Crippen MR) is 179 cm³/mol. The Bertz CT molecular complexity index is 1060. The van der Waals surface area contributed by atoms with Gasteiger partial charge < -0.3 is 5.01 Å². The second kappa shape index (κ2) is 17.1. The third-order valence-corrected chi connectivity index (χ3v) is 10.6. The highest BCUT2D eigenvalue weighted by Gasteiger charge is 2.25. The molecule has 0 fully saturated rings. The van der Waals surface area contributed by atoms with Crippen molar-refractivity contribution in [3.8, 4) is 0 Å². The fourth-order valence-corrected chi connectivity index (χ4v) is 6.95. The van der Waals surface area contributed by atoms with Gasteiger partial charge in [0, 0.05) is 59.2 Å². The molecular formula is C28H52N8S4. The Kier molecular flexibility index (Phi) is 15.7.